The molecule has 0 fully saturated rings. The molecule has 1 atom stereocenters. The molecule has 0 spiro atoms. The predicted octanol–water partition coefficient (Wildman–Crippen LogP) is 3.94. The zero-order chi connectivity index (χ0) is 20.9. The minimum atomic E-state index is -1.96. The predicted molar refractivity (Wildman–Crippen MR) is 111 cm³/mol. The summed E-state index contributed by atoms with van der Waals surface area (Å²) in [6.45, 7) is 0. The molecule has 0 saturated carbocycles. The summed E-state index contributed by atoms with van der Waals surface area (Å²) >= 11 is 22.8. The number of amides is 1. The Balaban J connectivity index is 2.04. The van der Waals surface area contributed by atoms with Gasteiger partial charge in [-0.05, 0) is 60.7 Å². The number of hydrogen-bond donors (Lipinski definition) is 4. The first-order chi connectivity index (χ1) is 13.1. The van der Waals surface area contributed by atoms with Crippen LogP contribution in [0, 0.1) is 5.82 Å². The standard InChI is InChI=1S/C17H13Cl3FN3O3S/c18-17(19,20)15(23-13(25)9-1-5-11(21)6-2-9)24-16(28)22-12-7-3-10(4-8-12)14(26)27/h1-8,15H,(H,23,25)(H,26,27)(H2,22,24,28). The molecule has 6 nitrogen and oxygen atoms in total. The summed E-state index contributed by atoms with van der Waals surface area (Å²) in [6.07, 6.45) is -1.21. The van der Waals surface area contributed by atoms with Gasteiger partial charge in [-0.2, -0.15) is 0 Å². The average molecular weight is 465 g/mol. The molecule has 0 aliphatic carbocycles. The van der Waals surface area contributed by atoms with E-state index in [0.717, 1.165) is 12.1 Å². The van der Waals surface area contributed by atoms with E-state index in [1.807, 2.05) is 0 Å². The van der Waals surface area contributed by atoms with E-state index in [1.54, 1.807) is 0 Å². The molecule has 0 saturated heterocycles. The highest BCUT2D eigenvalue weighted by atomic mass is 35.6. The van der Waals surface area contributed by atoms with Gasteiger partial charge in [0.1, 0.15) is 12.0 Å². The Morgan fingerprint density at radius 2 is 1.50 bits per heavy atom. The van der Waals surface area contributed by atoms with E-state index in [4.69, 9.17) is 52.1 Å². The van der Waals surface area contributed by atoms with E-state index < -0.39 is 27.7 Å². The summed E-state index contributed by atoms with van der Waals surface area (Å²) in [4.78, 5) is 23.2. The quantitative estimate of drug-likeness (QED) is 0.304. The number of carbonyl (C=O) groups is 2. The summed E-state index contributed by atoms with van der Waals surface area (Å²) in [6, 6.07) is 10.6. The second-order valence-corrected chi connectivity index (χ2v) is 8.21. The van der Waals surface area contributed by atoms with Gasteiger partial charge in [0.2, 0.25) is 3.79 Å². The van der Waals surface area contributed by atoms with E-state index in [2.05, 4.69) is 16.0 Å². The topological polar surface area (TPSA) is 90.5 Å². The van der Waals surface area contributed by atoms with Crippen LogP contribution in [-0.4, -0.2) is 32.1 Å². The molecular weight excluding hydrogens is 452 g/mol. The van der Waals surface area contributed by atoms with Crippen molar-refractivity contribution in [3.8, 4) is 0 Å². The molecule has 0 aromatic heterocycles. The third-order valence-electron chi connectivity index (χ3n) is 3.37. The molecule has 0 aliphatic rings. The third kappa shape index (κ3) is 6.49. The minimum Gasteiger partial charge on any atom is -0.478 e. The number of carboxylic acids is 1. The third-order valence-corrected chi connectivity index (χ3v) is 4.25. The molecule has 2 aromatic carbocycles. The fourth-order valence-electron chi connectivity index (χ4n) is 2.01. The molecule has 148 valence electrons. The summed E-state index contributed by atoms with van der Waals surface area (Å²) in [5.41, 5.74) is 0.746. The maximum atomic E-state index is 13.0. The van der Waals surface area contributed by atoms with Gasteiger partial charge in [-0.15, -0.1) is 0 Å². The fraction of sp³-hybridized carbons (Fsp3) is 0.118. The molecule has 0 bridgehead atoms. The van der Waals surface area contributed by atoms with Gasteiger partial charge in [-0.3, -0.25) is 4.79 Å². The van der Waals surface area contributed by atoms with Crippen molar-refractivity contribution in [2.24, 2.45) is 0 Å². The number of halogens is 4. The Kier molecular flexibility index (Phi) is 7.42. The van der Waals surface area contributed by atoms with Gasteiger partial charge in [0.05, 0.1) is 5.56 Å². The van der Waals surface area contributed by atoms with Gasteiger partial charge in [0.15, 0.2) is 5.11 Å². The highest BCUT2D eigenvalue weighted by molar-refractivity contribution is 7.80. The fourth-order valence-corrected chi connectivity index (χ4v) is 2.57. The van der Waals surface area contributed by atoms with Gasteiger partial charge >= 0.3 is 5.97 Å². The number of thiocarbonyl (C=S) groups is 1. The molecule has 1 unspecified atom stereocenters. The molecule has 0 radical (unpaired) electrons. The van der Waals surface area contributed by atoms with Crippen molar-refractivity contribution >= 4 is 69.7 Å². The Morgan fingerprint density at radius 1 is 0.964 bits per heavy atom. The number of benzene rings is 2. The largest absolute Gasteiger partial charge is 0.478 e. The first kappa shape index (κ1) is 22.2. The van der Waals surface area contributed by atoms with Crippen molar-refractivity contribution in [2.45, 2.75) is 9.96 Å². The second kappa shape index (κ2) is 9.38. The molecule has 1 amide bonds. The van der Waals surface area contributed by atoms with Crippen molar-refractivity contribution in [3.63, 3.8) is 0 Å². The number of anilines is 1. The number of aromatic carboxylic acids is 1. The lowest BCUT2D eigenvalue weighted by atomic mass is 10.2. The molecule has 4 N–H and O–H groups in total. The first-order valence-electron chi connectivity index (χ1n) is 7.60. The van der Waals surface area contributed by atoms with Crippen LogP contribution in [0.2, 0.25) is 0 Å². The second-order valence-electron chi connectivity index (χ2n) is 5.44. The highest BCUT2D eigenvalue weighted by Crippen LogP contribution is 2.29. The lowest BCUT2D eigenvalue weighted by Crippen LogP contribution is -2.56. The van der Waals surface area contributed by atoms with Crippen LogP contribution < -0.4 is 16.0 Å². The van der Waals surface area contributed by atoms with Crippen molar-refractivity contribution in [1.82, 2.24) is 10.6 Å². The van der Waals surface area contributed by atoms with Gasteiger partial charge in [0.25, 0.3) is 5.91 Å². The van der Waals surface area contributed by atoms with E-state index >= 15 is 0 Å². The molecule has 0 aliphatic heterocycles. The normalized spacial score (nSPS) is 12.0. The average Bonchev–Trinajstić information content (AvgIpc) is 2.61. The summed E-state index contributed by atoms with van der Waals surface area (Å²) in [7, 11) is 0. The minimum absolute atomic E-state index is 0.0128. The highest BCUT2D eigenvalue weighted by Gasteiger charge is 2.34. The Morgan fingerprint density at radius 3 is 2.00 bits per heavy atom. The molecule has 28 heavy (non-hydrogen) atoms. The van der Waals surface area contributed by atoms with Crippen molar-refractivity contribution in [1.29, 1.82) is 0 Å². The Hall–Kier alpha value is -2.13. The maximum Gasteiger partial charge on any atom is 0.335 e. The van der Waals surface area contributed by atoms with Gasteiger partial charge in [-0.1, -0.05) is 34.8 Å². The molecule has 2 rings (SSSR count). The van der Waals surface area contributed by atoms with Gasteiger partial charge < -0.3 is 21.1 Å². The lowest BCUT2D eigenvalue weighted by molar-refractivity contribution is 0.0696. The Labute approximate surface area is 180 Å². The Bertz CT molecular complexity index is 874. The summed E-state index contributed by atoms with van der Waals surface area (Å²) < 4.78 is 11.0. The van der Waals surface area contributed by atoms with Crippen LogP contribution in [-0.2, 0) is 0 Å². The first-order valence-corrected chi connectivity index (χ1v) is 9.14. The van der Waals surface area contributed by atoms with Gasteiger partial charge in [-0.25, -0.2) is 9.18 Å². The summed E-state index contributed by atoms with van der Waals surface area (Å²) in [5.74, 6) is -2.17. The van der Waals surface area contributed by atoms with E-state index in [0.29, 0.717) is 5.69 Å². The van der Waals surface area contributed by atoms with Crippen molar-refractivity contribution in [3.05, 3.63) is 65.5 Å². The van der Waals surface area contributed by atoms with Crippen LogP contribution in [0.1, 0.15) is 20.7 Å². The van der Waals surface area contributed by atoms with Crippen LogP contribution in [0.3, 0.4) is 0 Å². The number of alkyl halides is 3. The van der Waals surface area contributed by atoms with Crippen LogP contribution in [0.15, 0.2) is 48.5 Å². The van der Waals surface area contributed by atoms with Crippen LogP contribution in [0.25, 0.3) is 0 Å². The zero-order valence-corrected chi connectivity index (χ0v) is 17.0. The molecule has 11 heteroatoms. The number of rotatable bonds is 5. The number of hydrogen-bond acceptors (Lipinski definition) is 3. The van der Waals surface area contributed by atoms with E-state index in [9.17, 15) is 14.0 Å². The molecule has 2 aromatic rings. The maximum absolute atomic E-state index is 13.0. The van der Waals surface area contributed by atoms with Crippen molar-refractivity contribution < 1.29 is 19.1 Å². The van der Waals surface area contributed by atoms with E-state index in [1.165, 1.54) is 36.4 Å². The van der Waals surface area contributed by atoms with Crippen molar-refractivity contribution in [2.75, 3.05) is 5.32 Å². The van der Waals surface area contributed by atoms with Crippen LogP contribution in [0.4, 0.5) is 10.1 Å². The lowest BCUT2D eigenvalue weighted by Gasteiger charge is -2.27. The van der Waals surface area contributed by atoms with Crippen LogP contribution >= 0.6 is 47.0 Å². The summed E-state index contributed by atoms with van der Waals surface area (Å²) in [5, 5.41) is 16.8. The molecular formula is C17H13Cl3FN3O3S. The monoisotopic (exact) mass is 463 g/mol. The number of carboxylic acid groups (broad SMARTS) is 1. The SMILES string of the molecule is O=C(O)c1ccc(NC(=S)NC(NC(=O)c2ccc(F)cc2)C(Cl)(Cl)Cl)cc1. The van der Waals surface area contributed by atoms with Gasteiger partial charge in [0, 0.05) is 11.3 Å². The smallest absolute Gasteiger partial charge is 0.335 e. The number of carbonyl (C=O) groups excluding carboxylic acids is 1. The molecule has 0 heterocycles. The zero-order valence-electron chi connectivity index (χ0n) is 13.9. The van der Waals surface area contributed by atoms with Crippen LogP contribution in [0.5, 0.6) is 0 Å². The van der Waals surface area contributed by atoms with E-state index in [-0.39, 0.29) is 16.2 Å². The number of nitrogens with one attached hydrogen (secondary N) is 3.